The molecule has 102 valence electrons. The molecule has 2 nitrogen and oxygen atoms in total. The third-order valence-electron chi connectivity index (χ3n) is 2.56. The summed E-state index contributed by atoms with van der Waals surface area (Å²) in [6.07, 6.45) is -4.39. The predicted molar refractivity (Wildman–Crippen MR) is 66.1 cm³/mol. The number of benzene rings is 1. The topological polar surface area (TPSA) is 12.5 Å². The maximum absolute atomic E-state index is 12.9. The highest BCUT2D eigenvalue weighted by atomic mass is 35.5. The summed E-state index contributed by atoms with van der Waals surface area (Å²) in [6.45, 7) is 0.755. The van der Waals surface area contributed by atoms with E-state index in [0.717, 1.165) is 6.07 Å². The number of alkyl halides is 4. The van der Waals surface area contributed by atoms with Crippen LogP contribution in [0.15, 0.2) is 18.2 Å². The van der Waals surface area contributed by atoms with Crippen LogP contribution in [-0.4, -0.2) is 27.3 Å². The van der Waals surface area contributed by atoms with Crippen molar-refractivity contribution in [1.82, 2.24) is 0 Å². The molecular formula is C12H15ClF3NO. The molecule has 0 saturated carbocycles. The zero-order valence-corrected chi connectivity index (χ0v) is 11.0. The molecule has 0 heterocycles. The van der Waals surface area contributed by atoms with Gasteiger partial charge >= 0.3 is 6.18 Å². The molecule has 0 aromatic heterocycles. The molecule has 0 aliphatic carbocycles. The van der Waals surface area contributed by atoms with Crippen molar-refractivity contribution in [3.05, 3.63) is 29.3 Å². The van der Waals surface area contributed by atoms with E-state index in [1.807, 2.05) is 0 Å². The van der Waals surface area contributed by atoms with E-state index >= 15 is 0 Å². The van der Waals surface area contributed by atoms with Crippen LogP contribution in [0.2, 0.25) is 0 Å². The molecule has 1 aromatic carbocycles. The molecule has 18 heavy (non-hydrogen) atoms. The fraction of sp³-hybridized carbons (Fsp3) is 0.500. The standard InChI is InChI=1S/C12H15ClF3NO/c1-17(5-6-18-2)11-4-3-9(8-13)7-10(11)12(14,15)16/h3-4,7H,5-6,8H2,1-2H3. The minimum Gasteiger partial charge on any atom is -0.383 e. The lowest BCUT2D eigenvalue weighted by molar-refractivity contribution is -0.137. The van der Waals surface area contributed by atoms with Crippen LogP contribution in [0, 0.1) is 0 Å². The van der Waals surface area contributed by atoms with E-state index in [1.165, 1.54) is 18.1 Å². The molecule has 0 bridgehead atoms. The summed E-state index contributed by atoms with van der Waals surface area (Å²) in [7, 11) is 3.11. The van der Waals surface area contributed by atoms with Gasteiger partial charge in [0.05, 0.1) is 12.2 Å². The summed E-state index contributed by atoms with van der Waals surface area (Å²) in [5.41, 5.74) is -0.0828. The third-order valence-corrected chi connectivity index (χ3v) is 2.87. The van der Waals surface area contributed by atoms with E-state index in [1.54, 1.807) is 13.1 Å². The lowest BCUT2D eigenvalue weighted by Gasteiger charge is -2.23. The Kier molecular flexibility index (Phi) is 5.28. The first kappa shape index (κ1) is 15.1. The van der Waals surface area contributed by atoms with Crippen LogP contribution in [0.1, 0.15) is 11.1 Å². The van der Waals surface area contributed by atoms with Crippen LogP contribution in [0.3, 0.4) is 0 Å². The molecule has 6 heteroatoms. The van der Waals surface area contributed by atoms with Gasteiger partial charge in [-0.2, -0.15) is 13.2 Å². The van der Waals surface area contributed by atoms with Crippen LogP contribution in [0.4, 0.5) is 18.9 Å². The number of methoxy groups -OCH3 is 1. The Labute approximate surface area is 109 Å². The van der Waals surface area contributed by atoms with E-state index in [-0.39, 0.29) is 11.6 Å². The average molecular weight is 282 g/mol. The van der Waals surface area contributed by atoms with E-state index in [4.69, 9.17) is 16.3 Å². The molecule has 0 unspecified atom stereocenters. The van der Waals surface area contributed by atoms with Crippen molar-refractivity contribution in [2.24, 2.45) is 0 Å². The number of likely N-dealkylation sites (N-methyl/N-ethyl adjacent to an activating group) is 1. The summed E-state index contributed by atoms with van der Waals surface area (Å²) < 4.78 is 43.7. The second-order valence-electron chi connectivity index (χ2n) is 3.90. The zero-order chi connectivity index (χ0) is 13.8. The summed E-state index contributed by atoms with van der Waals surface area (Å²) in [4.78, 5) is 1.52. The first-order valence-electron chi connectivity index (χ1n) is 5.36. The van der Waals surface area contributed by atoms with Gasteiger partial charge in [0.15, 0.2) is 0 Å². The largest absolute Gasteiger partial charge is 0.418 e. The summed E-state index contributed by atoms with van der Waals surface area (Å²) in [5, 5.41) is 0. The monoisotopic (exact) mass is 281 g/mol. The summed E-state index contributed by atoms with van der Waals surface area (Å²) in [5.74, 6) is 0.0607. The van der Waals surface area contributed by atoms with Gasteiger partial charge in [-0.05, 0) is 17.7 Å². The molecule has 0 fully saturated rings. The Morgan fingerprint density at radius 3 is 2.50 bits per heavy atom. The molecule has 1 rings (SSSR count). The molecular weight excluding hydrogens is 267 g/mol. The van der Waals surface area contributed by atoms with Crippen molar-refractivity contribution in [2.75, 3.05) is 32.2 Å². The van der Waals surface area contributed by atoms with Crippen molar-refractivity contribution in [1.29, 1.82) is 0 Å². The fourth-order valence-corrected chi connectivity index (χ4v) is 1.74. The first-order valence-corrected chi connectivity index (χ1v) is 5.89. The maximum atomic E-state index is 12.9. The zero-order valence-electron chi connectivity index (χ0n) is 10.2. The Morgan fingerprint density at radius 2 is 2.00 bits per heavy atom. The second kappa shape index (κ2) is 6.29. The van der Waals surface area contributed by atoms with E-state index < -0.39 is 11.7 Å². The first-order chi connectivity index (χ1) is 8.40. The van der Waals surface area contributed by atoms with Crippen LogP contribution in [0.5, 0.6) is 0 Å². The number of rotatable bonds is 5. The van der Waals surface area contributed by atoms with Crippen molar-refractivity contribution in [3.63, 3.8) is 0 Å². The number of ether oxygens (including phenoxy) is 1. The minimum absolute atomic E-state index is 0.0607. The van der Waals surface area contributed by atoms with Gasteiger partial charge in [0.1, 0.15) is 0 Å². The van der Waals surface area contributed by atoms with Gasteiger partial charge < -0.3 is 9.64 Å². The van der Waals surface area contributed by atoms with Crippen molar-refractivity contribution >= 4 is 17.3 Å². The van der Waals surface area contributed by atoms with Crippen molar-refractivity contribution in [2.45, 2.75) is 12.1 Å². The number of halogens is 4. The summed E-state index contributed by atoms with van der Waals surface area (Å²) in [6, 6.07) is 4.13. The van der Waals surface area contributed by atoms with Crippen LogP contribution in [-0.2, 0) is 16.8 Å². The van der Waals surface area contributed by atoms with Gasteiger partial charge in [0.25, 0.3) is 0 Å². The highest BCUT2D eigenvalue weighted by Crippen LogP contribution is 2.37. The maximum Gasteiger partial charge on any atom is 0.418 e. The van der Waals surface area contributed by atoms with Crippen LogP contribution in [0.25, 0.3) is 0 Å². The van der Waals surface area contributed by atoms with Crippen molar-refractivity contribution < 1.29 is 17.9 Å². The lowest BCUT2D eigenvalue weighted by atomic mass is 10.1. The number of hydrogen-bond acceptors (Lipinski definition) is 2. The smallest absolute Gasteiger partial charge is 0.383 e. The Morgan fingerprint density at radius 1 is 1.33 bits per heavy atom. The molecule has 0 spiro atoms. The van der Waals surface area contributed by atoms with Gasteiger partial charge in [-0.15, -0.1) is 11.6 Å². The molecule has 0 saturated heterocycles. The molecule has 0 N–H and O–H groups in total. The number of anilines is 1. The number of hydrogen-bond donors (Lipinski definition) is 0. The Bertz CT molecular complexity index is 395. The Balaban J connectivity index is 3.10. The number of nitrogens with zero attached hydrogens (tertiary/aromatic N) is 1. The van der Waals surface area contributed by atoms with Gasteiger partial charge in [-0.3, -0.25) is 0 Å². The molecule has 0 atom stereocenters. The Hall–Kier alpha value is -0.940. The molecule has 0 aliphatic heterocycles. The normalized spacial score (nSPS) is 11.7. The van der Waals surface area contributed by atoms with E-state index in [2.05, 4.69) is 0 Å². The SMILES string of the molecule is COCCN(C)c1ccc(CCl)cc1C(F)(F)F. The van der Waals surface area contributed by atoms with Gasteiger partial charge in [0.2, 0.25) is 0 Å². The van der Waals surface area contributed by atoms with Gasteiger partial charge in [0, 0.05) is 32.3 Å². The third kappa shape index (κ3) is 3.78. The van der Waals surface area contributed by atoms with Gasteiger partial charge in [-0.1, -0.05) is 6.07 Å². The minimum atomic E-state index is -4.39. The fourth-order valence-electron chi connectivity index (χ4n) is 1.57. The summed E-state index contributed by atoms with van der Waals surface area (Å²) >= 11 is 5.56. The van der Waals surface area contributed by atoms with E-state index in [0.29, 0.717) is 18.7 Å². The molecule has 1 aromatic rings. The quantitative estimate of drug-likeness (QED) is 0.766. The predicted octanol–water partition coefficient (Wildman–Crippen LogP) is 3.53. The lowest BCUT2D eigenvalue weighted by Crippen LogP contribution is -2.25. The van der Waals surface area contributed by atoms with Crippen molar-refractivity contribution in [3.8, 4) is 0 Å². The highest BCUT2D eigenvalue weighted by Gasteiger charge is 2.34. The average Bonchev–Trinajstić information content (AvgIpc) is 2.34. The van der Waals surface area contributed by atoms with Crippen LogP contribution < -0.4 is 4.90 Å². The molecule has 0 amide bonds. The van der Waals surface area contributed by atoms with E-state index in [9.17, 15) is 13.2 Å². The van der Waals surface area contributed by atoms with Crippen LogP contribution >= 0.6 is 11.6 Å². The van der Waals surface area contributed by atoms with Gasteiger partial charge in [-0.25, -0.2) is 0 Å². The highest BCUT2D eigenvalue weighted by molar-refractivity contribution is 6.17. The second-order valence-corrected chi connectivity index (χ2v) is 4.16. The molecule has 0 aliphatic rings. The molecule has 0 radical (unpaired) electrons.